The van der Waals surface area contributed by atoms with E-state index in [9.17, 15) is 4.79 Å². The maximum absolute atomic E-state index is 12.4. The van der Waals surface area contributed by atoms with Gasteiger partial charge in [-0.1, -0.05) is 6.07 Å². The summed E-state index contributed by atoms with van der Waals surface area (Å²) < 4.78 is 7.12. The second kappa shape index (κ2) is 5.42. The lowest BCUT2D eigenvalue weighted by atomic mass is 9.90. The second-order valence-corrected chi connectivity index (χ2v) is 5.45. The smallest absolute Gasteiger partial charge is 0.240 e. The number of carbonyl (C=O) groups excluding carboxylic acids is 1. The van der Waals surface area contributed by atoms with Gasteiger partial charge in [-0.05, 0) is 31.9 Å². The van der Waals surface area contributed by atoms with E-state index in [4.69, 9.17) is 10.5 Å². The van der Waals surface area contributed by atoms with Gasteiger partial charge in [-0.25, -0.2) is 0 Å². The average molecular weight is 289 g/mol. The van der Waals surface area contributed by atoms with Crippen LogP contribution in [0, 0.1) is 0 Å². The van der Waals surface area contributed by atoms with Gasteiger partial charge >= 0.3 is 0 Å². The molecule has 1 saturated heterocycles. The number of nitrogens with one attached hydrogen (secondary N) is 1. The van der Waals surface area contributed by atoms with Gasteiger partial charge in [0.1, 0.15) is 0 Å². The Morgan fingerprint density at radius 3 is 2.95 bits per heavy atom. The first kappa shape index (κ1) is 14.0. The molecule has 21 heavy (non-hydrogen) atoms. The Labute approximate surface area is 122 Å². The maximum atomic E-state index is 12.4. The largest absolute Gasteiger partial charge is 0.381 e. The van der Waals surface area contributed by atoms with E-state index < -0.39 is 5.54 Å². The van der Waals surface area contributed by atoms with E-state index in [2.05, 4.69) is 15.5 Å². The van der Waals surface area contributed by atoms with Gasteiger partial charge in [0, 0.05) is 19.4 Å². The van der Waals surface area contributed by atoms with Crippen LogP contribution in [0.4, 0.5) is 0 Å². The predicted octanol–water partition coefficient (Wildman–Crippen LogP) is 0.414. The van der Waals surface area contributed by atoms with Crippen LogP contribution in [-0.2, 0) is 9.53 Å². The molecule has 112 valence electrons. The van der Waals surface area contributed by atoms with Gasteiger partial charge in [0.05, 0.1) is 11.6 Å². The van der Waals surface area contributed by atoms with Crippen LogP contribution in [0.1, 0.15) is 31.6 Å². The van der Waals surface area contributed by atoms with Crippen molar-refractivity contribution in [2.24, 2.45) is 5.73 Å². The summed E-state index contributed by atoms with van der Waals surface area (Å²) in [6, 6.07) is 5.40. The molecule has 7 heteroatoms. The van der Waals surface area contributed by atoms with Crippen LogP contribution >= 0.6 is 0 Å². The van der Waals surface area contributed by atoms with Crippen molar-refractivity contribution >= 4 is 11.6 Å². The summed E-state index contributed by atoms with van der Waals surface area (Å²) in [5, 5.41) is 11.2. The minimum atomic E-state index is -0.854. The summed E-state index contributed by atoms with van der Waals surface area (Å²) in [5.41, 5.74) is 6.08. The first-order chi connectivity index (χ1) is 10.1. The third-order valence-electron chi connectivity index (χ3n) is 3.91. The Morgan fingerprint density at radius 1 is 1.43 bits per heavy atom. The zero-order chi connectivity index (χ0) is 14.9. The van der Waals surface area contributed by atoms with Crippen molar-refractivity contribution < 1.29 is 9.53 Å². The van der Waals surface area contributed by atoms with Crippen LogP contribution in [0.3, 0.4) is 0 Å². The minimum Gasteiger partial charge on any atom is -0.381 e. The number of hydrogen-bond acceptors (Lipinski definition) is 5. The van der Waals surface area contributed by atoms with Gasteiger partial charge in [-0.15, -0.1) is 10.2 Å². The molecule has 0 saturated carbocycles. The lowest BCUT2D eigenvalue weighted by molar-refractivity contribution is -0.130. The summed E-state index contributed by atoms with van der Waals surface area (Å²) in [7, 11) is 0. The summed E-state index contributed by atoms with van der Waals surface area (Å²) in [6.45, 7) is 2.92. The van der Waals surface area contributed by atoms with Crippen molar-refractivity contribution in [2.75, 3.05) is 13.2 Å². The Hall–Kier alpha value is -1.99. The number of fused-ring (bicyclic) bond motifs is 1. The summed E-state index contributed by atoms with van der Waals surface area (Å²) in [4.78, 5) is 12.4. The molecule has 0 aromatic carbocycles. The molecule has 7 nitrogen and oxygen atoms in total. The summed E-state index contributed by atoms with van der Waals surface area (Å²) in [6.07, 6.45) is 2.94. The minimum absolute atomic E-state index is 0.161. The molecule has 0 radical (unpaired) electrons. The fourth-order valence-electron chi connectivity index (χ4n) is 2.52. The molecule has 0 spiro atoms. The monoisotopic (exact) mass is 289 g/mol. The molecule has 3 heterocycles. The van der Waals surface area contributed by atoms with Gasteiger partial charge in [-0.2, -0.15) is 0 Å². The topological polar surface area (TPSA) is 94.5 Å². The first-order valence-corrected chi connectivity index (χ1v) is 7.07. The van der Waals surface area contributed by atoms with E-state index in [1.807, 2.05) is 35.7 Å². The third-order valence-corrected chi connectivity index (χ3v) is 3.91. The Kier molecular flexibility index (Phi) is 3.60. The number of nitrogens with two attached hydrogens (primary N) is 1. The van der Waals surface area contributed by atoms with Crippen LogP contribution in [0.15, 0.2) is 24.4 Å². The molecule has 3 N–H and O–H groups in total. The molecule has 0 bridgehead atoms. The SMILES string of the molecule is CC(NC(=O)C1(N)CCOCC1)c1nnc2ccccn12. The summed E-state index contributed by atoms with van der Waals surface area (Å²) >= 11 is 0. The number of aromatic nitrogens is 3. The molecule has 3 rings (SSSR count). The number of rotatable bonds is 3. The molecule has 1 atom stereocenters. The van der Waals surface area contributed by atoms with Gasteiger partial charge < -0.3 is 15.8 Å². The number of hydrogen-bond donors (Lipinski definition) is 2. The van der Waals surface area contributed by atoms with Crippen molar-refractivity contribution in [2.45, 2.75) is 31.3 Å². The lowest BCUT2D eigenvalue weighted by Gasteiger charge is -2.32. The van der Waals surface area contributed by atoms with Crippen LogP contribution in [0.25, 0.3) is 5.65 Å². The number of ether oxygens (including phenoxy) is 1. The lowest BCUT2D eigenvalue weighted by Crippen LogP contribution is -2.57. The fourth-order valence-corrected chi connectivity index (χ4v) is 2.52. The van der Waals surface area contributed by atoms with Gasteiger partial charge in [0.15, 0.2) is 11.5 Å². The zero-order valence-corrected chi connectivity index (χ0v) is 12.0. The highest BCUT2D eigenvalue weighted by Gasteiger charge is 2.36. The van der Waals surface area contributed by atoms with E-state index in [-0.39, 0.29) is 11.9 Å². The third kappa shape index (κ3) is 2.62. The Bertz CT molecular complexity index is 648. The molecule has 1 fully saturated rings. The van der Waals surface area contributed by atoms with E-state index >= 15 is 0 Å². The molecular weight excluding hydrogens is 270 g/mol. The van der Waals surface area contributed by atoms with Crippen LogP contribution < -0.4 is 11.1 Å². The normalized spacial score (nSPS) is 19.3. The van der Waals surface area contributed by atoms with E-state index in [1.165, 1.54) is 0 Å². The quantitative estimate of drug-likeness (QED) is 0.853. The molecule has 1 aliphatic rings. The van der Waals surface area contributed by atoms with Crippen molar-refractivity contribution in [1.29, 1.82) is 0 Å². The van der Waals surface area contributed by atoms with Gasteiger partial charge in [0.2, 0.25) is 5.91 Å². The predicted molar refractivity (Wildman–Crippen MR) is 76.5 cm³/mol. The number of amides is 1. The zero-order valence-electron chi connectivity index (χ0n) is 12.0. The first-order valence-electron chi connectivity index (χ1n) is 7.07. The van der Waals surface area contributed by atoms with Gasteiger partial charge in [-0.3, -0.25) is 9.20 Å². The Morgan fingerprint density at radius 2 is 2.19 bits per heavy atom. The Balaban J connectivity index is 1.76. The van der Waals surface area contributed by atoms with Crippen LogP contribution in [-0.4, -0.2) is 39.3 Å². The van der Waals surface area contributed by atoms with Gasteiger partial charge in [0.25, 0.3) is 0 Å². The second-order valence-electron chi connectivity index (χ2n) is 5.45. The molecule has 2 aromatic rings. The average Bonchev–Trinajstić information content (AvgIpc) is 2.92. The standard InChI is InChI=1S/C14H19N5O2/c1-10(12-18-17-11-4-2-3-7-19(11)12)16-13(20)14(15)5-8-21-9-6-14/h2-4,7,10H,5-6,8-9,15H2,1H3,(H,16,20). The van der Waals surface area contributed by atoms with E-state index in [0.29, 0.717) is 31.9 Å². The van der Waals surface area contributed by atoms with Crippen LogP contribution in [0.5, 0.6) is 0 Å². The van der Waals surface area contributed by atoms with Crippen molar-refractivity contribution in [1.82, 2.24) is 19.9 Å². The fraction of sp³-hybridized carbons (Fsp3) is 0.500. The highest BCUT2D eigenvalue weighted by atomic mass is 16.5. The highest BCUT2D eigenvalue weighted by Crippen LogP contribution is 2.20. The molecule has 1 amide bonds. The maximum Gasteiger partial charge on any atom is 0.240 e. The molecule has 2 aromatic heterocycles. The number of carbonyl (C=O) groups is 1. The van der Waals surface area contributed by atoms with Crippen molar-refractivity contribution in [3.05, 3.63) is 30.2 Å². The van der Waals surface area contributed by atoms with Crippen LogP contribution in [0.2, 0.25) is 0 Å². The van der Waals surface area contributed by atoms with Crippen molar-refractivity contribution in [3.63, 3.8) is 0 Å². The molecule has 1 unspecified atom stereocenters. The number of pyridine rings is 1. The highest BCUT2D eigenvalue weighted by molar-refractivity contribution is 5.86. The van der Waals surface area contributed by atoms with E-state index in [1.54, 1.807) is 0 Å². The summed E-state index contributed by atoms with van der Waals surface area (Å²) in [5.74, 6) is 0.528. The van der Waals surface area contributed by atoms with Crippen molar-refractivity contribution in [3.8, 4) is 0 Å². The molecule has 0 aliphatic carbocycles. The number of nitrogens with zero attached hydrogens (tertiary/aromatic N) is 3. The molecular formula is C14H19N5O2. The van der Waals surface area contributed by atoms with E-state index in [0.717, 1.165) is 5.65 Å². The molecule has 1 aliphatic heterocycles.